The fourth-order valence-electron chi connectivity index (χ4n) is 1.54. The molecule has 0 amide bonds. The van der Waals surface area contributed by atoms with E-state index in [9.17, 15) is 9.90 Å². The van der Waals surface area contributed by atoms with Crippen molar-refractivity contribution in [1.29, 1.82) is 0 Å². The van der Waals surface area contributed by atoms with Crippen molar-refractivity contribution in [3.8, 4) is 0 Å². The molecule has 6 heteroatoms. The highest BCUT2D eigenvalue weighted by atomic mass is 35.5. The maximum Gasteiger partial charge on any atom is 0.309 e. The van der Waals surface area contributed by atoms with Gasteiger partial charge in [-0.2, -0.15) is 0 Å². The quantitative estimate of drug-likeness (QED) is 0.877. The van der Waals surface area contributed by atoms with Gasteiger partial charge in [-0.15, -0.1) is 0 Å². The van der Waals surface area contributed by atoms with Crippen molar-refractivity contribution in [2.24, 2.45) is 5.41 Å². The minimum atomic E-state index is -1.08. The number of rotatable bonds is 4. The summed E-state index contributed by atoms with van der Waals surface area (Å²) in [7, 11) is 0. The highest BCUT2D eigenvalue weighted by Gasteiger charge is 2.32. The van der Waals surface area contributed by atoms with Gasteiger partial charge in [0.1, 0.15) is 0 Å². The molecule has 0 heterocycles. The number of aliphatic carboxylic acids is 1. The molecule has 1 atom stereocenters. The predicted octanol–water partition coefficient (Wildman–Crippen LogP) is 4.18. The number of carboxylic acids is 1. The molecule has 18 heavy (non-hydrogen) atoms. The second-order valence-corrected chi connectivity index (χ2v) is 5.94. The molecule has 0 fully saturated rings. The van der Waals surface area contributed by atoms with Gasteiger partial charge in [0.25, 0.3) is 0 Å². The molecule has 100 valence electrons. The van der Waals surface area contributed by atoms with E-state index >= 15 is 0 Å². The monoisotopic (exact) mass is 310 g/mol. The van der Waals surface area contributed by atoms with E-state index in [4.69, 9.17) is 39.9 Å². The summed E-state index contributed by atoms with van der Waals surface area (Å²) < 4.78 is 0. The Morgan fingerprint density at radius 1 is 1.28 bits per heavy atom. The molecule has 1 aromatic carbocycles. The van der Waals surface area contributed by atoms with E-state index in [0.717, 1.165) is 0 Å². The Balaban J connectivity index is 3.05. The molecule has 0 aliphatic carbocycles. The summed E-state index contributed by atoms with van der Waals surface area (Å²) in [6.07, 6.45) is -1.06. The van der Waals surface area contributed by atoms with Crippen LogP contribution in [-0.4, -0.2) is 16.2 Å². The largest absolute Gasteiger partial charge is 0.481 e. The molecule has 0 bridgehead atoms. The van der Waals surface area contributed by atoms with Gasteiger partial charge in [0.15, 0.2) is 0 Å². The topological polar surface area (TPSA) is 57.5 Å². The number of carboxylic acid groups (broad SMARTS) is 1. The maximum absolute atomic E-state index is 11.0. The van der Waals surface area contributed by atoms with Crippen LogP contribution in [0.2, 0.25) is 15.1 Å². The van der Waals surface area contributed by atoms with E-state index in [2.05, 4.69) is 0 Å². The third-order valence-corrected chi connectivity index (χ3v) is 3.50. The van der Waals surface area contributed by atoms with Gasteiger partial charge in [0.2, 0.25) is 0 Å². The van der Waals surface area contributed by atoms with E-state index < -0.39 is 17.5 Å². The molecule has 3 nitrogen and oxygen atoms in total. The highest BCUT2D eigenvalue weighted by Crippen LogP contribution is 2.38. The fraction of sp³-hybridized carbons (Fsp3) is 0.417. The second-order valence-electron chi connectivity index (χ2n) is 4.69. The first-order valence-electron chi connectivity index (χ1n) is 5.21. The van der Waals surface area contributed by atoms with Crippen molar-refractivity contribution >= 4 is 40.8 Å². The first kappa shape index (κ1) is 15.6. The molecule has 1 aromatic rings. The number of carbonyl (C=O) groups is 1. The number of benzene rings is 1. The summed E-state index contributed by atoms with van der Waals surface area (Å²) in [6.45, 7) is 3.05. The molecule has 0 spiro atoms. The van der Waals surface area contributed by atoms with Crippen LogP contribution in [0.4, 0.5) is 0 Å². The minimum absolute atomic E-state index is 0.00338. The Labute approximate surface area is 120 Å². The van der Waals surface area contributed by atoms with Gasteiger partial charge < -0.3 is 10.2 Å². The van der Waals surface area contributed by atoms with Crippen LogP contribution in [0.15, 0.2) is 12.1 Å². The maximum atomic E-state index is 11.0. The molecule has 1 unspecified atom stereocenters. The van der Waals surface area contributed by atoms with Gasteiger partial charge in [-0.1, -0.05) is 34.8 Å². The van der Waals surface area contributed by atoms with E-state index in [1.807, 2.05) is 0 Å². The van der Waals surface area contributed by atoms with Crippen molar-refractivity contribution in [3.05, 3.63) is 32.8 Å². The van der Waals surface area contributed by atoms with Gasteiger partial charge in [-0.3, -0.25) is 4.79 Å². The van der Waals surface area contributed by atoms with E-state index in [1.165, 1.54) is 26.0 Å². The molecule has 1 rings (SSSR count). The molecule has 0 aromatic heterocycles. The average molecular weight is 312 g/mol. The lowest BCUT2D eigenvalue weighted by atomic mass is 9.85. The second kappa shape index (κ2) is 5.66. The number of hydrogen-bond acceptors (Lipinski definition) is 2. The van der Waals surface area contributed by atoms with Gasteiger partial charge in [0.05, 0.1) is 11.5 Å². The summed E-state index contributed by atoms with van der Waals surface area (Å²) in [5, 5.41) is 19.9. The summed E-state index contributed by atoms with van der Waals surface area (Å²) in [5.41, 5.74) is -0.775. The van der Waals surface area contributed by atoms with Crippen molar-refractivity contribution in [2.45, 2.75) is 26.4 Å². The van der Waals surface area contributed by atoms with E-state index in [1.54, 1.807) is 0 Å². The Kier molecular flexibility index (Phi) is 4.90. The van der Waals surface area contributed by atoms with Crippen LogP contribution in [0, 0.1) is 5.41 Å². The number of aliphatic hydroxyl groups excluding tert-OH is 1. The standard InChI is InChI=1S/C12H13Cl3O3/c1-12(2,11(17)18)5-9(16)10-7(14)3-6(13)4-8(10)15/h3-4,9,16H,5H2,1-2H3,(H,17,18). The summed E-state index contributed by atoms with van der Waals surface area (Å²) in [6, 6.07) is 2.92. The Morgan fingerprint density at radius 2 is 1.72 bits per heavy atom. The van der Waals surface area contributed by atoms with Crippen LogP contribution in [0.5, 0.6) is 0 Å². The number of halogens is 3. The Morgan fingerprint density at radius 3 is 2.11 bits per heavy atom. The first-order chi connectivity index (χ1) is 8.15. The Hall–Kier alpha value is -0.480. The van der Waals surface area contributed by atoms with Gasteiger partial charge >= 0.3 is 5.97 Å². The van der Waals surface area contributed by atoms with Crippen LogP contribution in [0.3, 0.4) is 0 Å². The molecule has 0 aliphatic rings. The molecular formula is C12H13Cl3O3. The highest BCUT2D eigenvalue weighted by molar-refractivity contribution is 6.39. The van der Waals surface area contributed by atoms with Crippen LogP contribution >= 0.6 is 34.8 Å². The van der Waals surface area contributed by atoms with E-state index in [0.29, 0.717) is 10.6 Å². The third-order valence-electron chi connectivity index (χ3n) is 2.66. The Bertz CT molecular complexity index is 449. The zero-order valence-electron chi connectivity index (χ0n) is 9.88. The molecule has 2 N–H and O–H groups in total. The first-order valence-corrected chi connectivity index (χ1v) is 6.34. The normalized spacial score (nSPS) is 13.4. The van der Waals surface area contributed by atoms with Crippen LogP contribution in [-0.2, 0) is 4.79 Å². The summed E-state index contributed by atoms with van der Waals surface area (Å²) in [4.78, 5) is 11.0. The third kappa shape index (κ3) is 3.51. The van der Waals surface area contributed by atoms with Gasteiger partial charge in [0, 0.05) is 20.6 Å². The smallest absolute Gasteiger partial charge is 0.309 e. The van der Waals surface area contributed by atoms with Crippen LogP contribution in [0.1, 0.15) is 31.9 Å². The van der Waals surface area contributed by atoms with Crippen LogP contribution < -0.4 is 0 Å². The molecule has 0 saturated carbocycles. The number of aliphatic hydroxyl groups is 1. The van der Waals surface area contributed by atoms with Gasteiger partial charge in [-0.05, 0) is 32.4 Å². The van der Waals surface area contributed by atoms with Crippen LogP contribution in [0.25, 0.3) is 0 Å². The summed E-state index contributed by atoms with van der Waals surface area (Å²) in [5.74, 6) is -0.997. The lowest BCUT2D eigenvalue weighted by molar-refractivity contribution is -0.148. The van der Waals surface area contributed by atoms with Crippen molar-refractivity contribution < 1.29 is 15.0 Å². The summed E-state index contributed by atoms with van der Waals surface area (Å²) >= 11 is 17.7. The van der Waals surface area contributed by atoms with Crippen molar-refractivity contribution in [1.82, 2.24) is 0 Å². The lowest BCUT2D eigenvalue weighted by Crippen LogP contribution is -2.26. The van der Waals surface area contributed by atoms with E-state index in [-0.39, 0.29) is 16.5 Å². The zero-order chi connectivity index (χ0) is 14.1. The van der Waals surface area contributed by atoms with Crippen molar-refractivity contribution in [2.75, 3.05) is 0 Å². The van der Waals surface area contributed by atoms with Crippen molar-refractivity contribution in [3.63, 3.8) is 0 Å². The molecule has 0 aliphatic heterocycles. The van der Waals surface area contributed by atoms with Gasteiger partial charge in [-0.25, -0.2) is 0 Å². The predicted molar refractivity (Wildman–Crippen MR) is 72.5 cm³/mol. The molecule has 0 saturated heterocycles. The minimum Gasteiger partial charge on any atom is -0.481 e. The SMILES string of the molecule is CC(C)(CC(O)c1c(Cl)cc(Cl)cc1Cl)C(=O)O. The lowest BCUT2D eigenvalue weighted by Gasteiger charge is -2.24. The molecule has 0 radical (unpaired) electrons. The number of hydrogen-bond donors (Lipinski definition) is 2. The fourth-order valence-corrected chi connectivity index (χ4v) is 2.61. The zero-order valence-corrected chi connectivity index (χ0v) is 12.1. The molecular weight excluding hydrogens is 298 g/mol. The average Bonchev–Trinajstić information content (AvgIpc) is 2.13.